The fraction of sp³-hybridized carbons (Fsp3) is 0.167. The van der Waals surface area contributed by atoms with Crippen LogP contribution in [0.15, 0.2) is 67.1 Å². The molecule has 134 valence electrons. The molecule has 0 saturated carbocycles. The molecule has 0 aliphatic carbocycles. The molecule has 1 atom stereocenters. The number of rotatable bonds is 8. The Morgan fingerprint density at radius 3 is 2.38 bits per heavy atom. The van der Waals surface area contributed by atoms with Crippen molar-refractivity contribution in [2.75, 3.05) is 6.61 Å². The summed E-state index contributed by atoms with van der Waals surface area (Å²) in [6.45, 7) is 0.195. The molecule has 1 N–H and O–H groups in total. The van der Waals surface area contributed by atoms with Crippen LogP contribution in [0.25, 0.3) is 0 Å². The summed E-state index contributed by atoms with van der Waals surface area (Å²) in [5.41, 5.74) is 0. The highest BCUT2D eigenvalue weighted by Crippen LogP contribution is 2.23. The summed E-state index contributed by atoms with van der Waals surface area (Å²) < 4.78 is 12.7. The predicted octanol–water partition coefficient (Wildman–Crippen LogP) is 3.02. The molecule has 0 aliphatic rings. The van der Waals surface area contributed by atoms with Gasteiger partial charge in [0.05, 0.1) is 6.54 Å². The Bertz CT molecular complexity index is 849. The van der Waals surface area contributed by atoms with Crippen molar-refractivity contribution in [3.05, 3.63) is 77.2 Å². The van der Waals surface area contributed by atoms with Gasteiger partial charge >= 0.3 is 5.82 Å². The summed E-state index contributed by atoms with van der Waals surface area (Å²) in [5.74, 6) is 1.74. The first-order valence-corrected chi connectivity index (χ1v) is 7.90. The molecule has 0 fully saturated rings. The lowest BCUT2D eigenvalue weighted by Crippen LogP contribution is -2.23. The number of hydrogen-bond acceptors (Lipinski definition) is 6. The molecule has 26 heavy (non-hydrogen) atoms. The second-order valence-electron chi connectivity index (χ2n) is 5.54. The molecular weight excluding hydrogens is 338 g/mol. The fourth-order valence-corrected chi connectivity index (χ4v) is 2.26. The standard InChI is InChI=1S/C18H17N3O5/c22-14(10-20-11-18(19-13-20)21(23)24)12-25-15-6-8-17(9-7-15)26-16-4-2-1-3-5-16/h1-9,11,13-14,22H,10,12H2. The first kappa shape index (κ1) is 17.4. The molecule has 8 heteroatoms. The first-order chi connectivity index (χ1) is 12.6. The van der Waals surface area contributed by atoms with Gasteiger partial charge in [0.25, 0.3) is 0 Å². The highest BCUT2D eigenvalue weighted by atomic mass is 16.6. The van der Waals surface area contributed by atoms with Gasteiger partial charge in [0.15, 0.2) is 0 Å². The number of nitro groups is 1. The second kappa shape index (κ2) is 8.13. The summed E-state index contributed by atoms with van der Waals surface area (Å²) in [6, 6.07) is 16.5. The molecule has 3 rings (SSSR count). The highest BCUT2D eigenvalue weighted by Gasteiger charge is 2.13. The van der Waals surface area contributed by atoms with Crippen molar-refractivity contribution in [1.82, 2.24) is 9.55 Å². The van der Waals surface area contributed by atoms with E-state index in [1.807, 2.05) is 30.3 Å². The van der Waals surface area contributed by atoms with E-state index in [1.165, 1.54) is 17.1 Å². The van der Waals surface area contributed by atoms with Gasteiger partial charge in [-0.25, -0.2) is 0 Å². The van der Waals surface area contributed by atoms with Gasteiger partial charge in [-0.1, -0.05) is 18.2 Å². The number of aliphatic hydroxyl groups excluding tert-OH is 1. The molecule has 2 aromatic carbocycles. The van der Waals surface area contributed by atoms with Crippen LogP contribution in [0.2, 0.25) is 0 Å². The van der Waals surface area contributed by atoms with Crippen molar-refractivity contribution < 1.29 is 19.5 Å². The molecule has 0 aliphatic heterocycles. The van der Waals surface area contributed by atoms with Crippen molar-refractivity contribution >= 4 is 5.82 Å². The van der Waals surface area contributed by atoms with E-state index in [2.05, 4.69) is 4.98 Å². The van der Waals surface area contributed by atoms with E-state index in [1.54, 1.807) is 24.3 Å². The number of nitrogens with zero attached hydrogens (tertiary/aromatic N) is 3. The van der Waals surface area contributed by atoms with Crippen LogP contribution in [-0.2, 0) is 6.54 Å². The quantitative estimate of drug-likeness (QED) is 0.492. The molecule has 0 bridgehead atoms. The predicted molar refractivity (Wildman–Crippen MR) is 93.3 cm³/mol. The largest absolute Gasteiger partial charge is 0.491 e. The van der Waals surface area contributed by atoms with E-state index in [4.69, 9.17) is 9.47 Å². The molecule has 0 radical (unpaired) electrons. The zero-order valence-corrected chi connectivity index (χ0v) is 13.8. The summed E-state index contributed by atoms with van der Waals surface area (Å²) in [5, 5.41) is 20.6. The maximum atomic E-state index is 10.6. The second-order valence-corrected chi connectivity index (χ2v) is 5.54. The van der Waals surface area contributed by atoms with Crippen LogP contribution in [0.4, 0.5) is 5.82 Å². The Kier molecular flexibility index (Phi) is 5.45. The maximum absolute atomic E-state index is 10.6. The third-order valence-corrected chi connectivity index (χ3v) is 3.47. The van der Waals surface area contributed by atoms with Crippen molar-refractivity contribution in [3.63, 3.8) is 0 Å². The summed E-state index contributed by atoms with van der Waals surface area (Å²) in [7, 11) is 0. The number of imidazole rings is 1. The molecule has 1 heterocycles. The average molecular weight is 355 g/mol. The Balaban J connectivity index is 1.48. The number of hydrogen-bond donors (Lipinski definition) is 1. The molecule has 0 amide bonds. The van der Waals surface area contributed by atoms with Crippen LogP contribution in [0, 0.1) is 10.1 Å². The van der Waals surface area contributed by atoms with Gasteiger partial charge in [-0.2, -0.15) is 0 Å². The monoisotopic (exact) mass is 355 g/mol. The third kappa shape index (κ3) is 4.81. The molecule has 0 saturated heterocycles. The highest BCUT2D eigenvalue weighted by molar-refractivity contribution is 5.35. The molecule has 3 aromatic rings. The van der Waals surface area contributed by atoms with Gasteiger partial charge in [0.2, 0.25) is 6.33 Å². The smallest absolute Gasteiger partial charge is 0.381 e. The van der Waals surface area contributed by atoms with Crippen LogP contribution in [-0.4, -0.2) is 32.3 Å². The lowest BCUT2D eigenvalue weighted by molar-refractivity contribution is -0.389. The SMILES string of the molecule is O=[N+]([O-])c1cn(CC(O)COc2ccc(Oc3ccccc3)cc2)cn1. The number of benzene rings is 2. The average Bonchev–Trinajstić information content (AvgIpc) is 3.11. The summed E-state index contributed by atoms with van der Waals surface area (Å²) in [6.07, 6.45) is 1.74. The molecule has 1 unspecified atom stereocenters. The van der Waals surface area contributed by atoms with E-state index < -0.39 is 11.0 Å². The van der Waals surface area contributed by atoms with Gasteiger partial charge in [-0.3, -0.25) is 0 Å². The van der Waals surface area contributed by atoms with Gasteiger partial charge in [0, 0.05) is 0 Å². The summed E-state index contributed by atoms with van der Waals surface area (Å²) >= 11 is 0. The maximum Gasteiger partial charge on any atom is 0.381 e. The number of para-hydroxylation sites is 1. The van der Waals surface area contributed by atoms with Crippen LogP contribution in [0.1, 0.15) is 0 Å². The van der Waals surface area contributed by atoms with Crippen molar-refractivity contribution in [2.24, 2.45) is 0 Å². The normalized spacial score (nSPS) is 11.7. The zero-order valence-electron chi connectivity index (χ0n) is 13.8. The number of aromatic nitrogens is 2. The fourth-order valence-electron chi connectivity index (χ4n) is 2.26. The zero-order chi connectivity index (χ0) is 18.4. The van der Waals surface area contributed by atoms with E-state index in [0.29, 0.717) is 11.5 Å². The van der Waals surface area contributed by atoms with Crippen molar-refractivity contribution in [1.29, 1.82) is 0 Å². The topological polar surface area (TPSA) is 99.7 Å². The minimum atomic E-state index is -0.830. The molecule has 8 nitrogen and oxygen atoms in total. The Labute approximate surface area is 149 Å². The van der Waals surface area contributed by atoms with Crippen molar-refractivity contribution in [2.45, 2.75) is 12.6 Å². The van der Waals surface area contributed by atoms with Gasteiger partial charge < -0.3 is 29.3 Å². The Morgan fingerprint density at radius 1 is 1.08 bits per heavy atom. The van der Waals surface area contributed by atoms with E-state index in [0.717, 1.165) is 5.75 Å². The summed E-state index contributed by atoms with van der Waals surface area (Å²) in [4.78, 5) is 13.6. The number of aliphatic hydroxyl groups is 1. The minimum Gasteiger partial charge on any atom is -0.491 e. The van der Waals surface area contributed by atoms with E-state index >= 15 is 0 Å². The Hall–Kier alpha value is -3.39. The first-order valence-electron chi connectivity index (χ1n) is 7.90. The van der Waals surface area contributed by atoms with Crippen LogP contribution in [0.5, 0.6) is 17.2 Å². The van der Waals surface area contributed by atoms with Crippen molar-refractivity contribution in [3.8, 4) is 17.2 Å². The Morgan fingerprint density at radius 2 is 1.73 bits per heavy atom. The van der Waals surface area contributed by atoms with E-state index in [-0.39, 0.29) is 19.0 Å². The molecule has 1 aromatic heterocycles. The van der Waals surface area contributed by atoms with Gasteiger partial charge in [-0.05, 0) is 46.3 Å². The van der Waals surface area contributed by atoms with Crippen LogP contribution < -0.4 is 9.47 Å². The molecule has 0 spiro atoms. The van der Waals surface area contributed by atoms with Crippen LogP contribution in [0.3, 0.4) is 0 Å². The minimum absolute atomic E-state index is 0.0465. The molecular formula is C18H17N3O5. The van der Waals surface area contributed by atoms with E-state index in [9.17, 15) is 15.2 Å². The number of ether oxygens (including phenoxy) is 2. The van der Waals surface area contributed by atoms with Gasteiger partial charge in [-0.15, -0.1) is 0 Å². The van der Waals surface area contributed by atoms with Gasteiger partial charge in [0.1, 0.15) is 36.2 Å². The lowest BCUT2D eigenvalue weighted by atomic mass is 10.3. The third-order valence-electron chi connectivity index (χ3n) is 3.47. The van der Waals surface area contributed by atoms with Crippen LogP contribution >= 0.6 is 0 Å². The lowest BCUT2D eigenvalue weighted by Gasteiger charge is -2.13.